The number of hydrogen-bond acceptors (Lipinski definition) is 1. The van der Waals surface area contributed by atoms with Crippen LogP contribution in [0.4, 0.5) is 4.39 Å². The van der Waals surface area contributed by atoms with Crippen LogP contribution in [0.3, 0.4) is 0 Å². The fourth-order valence-corrected chi connectivity index (χ4v) is 1.41. The second kappa shape index (κ2) is 4.53. The van der Waals surface area contributed by atoms with E-state index in [0.717, 1.165) is 15.6 Å². The molecule has 0 aliphatic carbocycles. The summed E-state index contributed by atoms with van der Waals surface area (Å²) in [5.74, 6) is -0.241. The number of benzene rings is 1. The fourth-order valence-electron chi connectivity index (χ4n) is 0.943. The molecule has 0 aromatic heterocycles. The maximum absolute atomic E-state index is 12.7. The first-order chi connectivity index (χ1) is 6.13. The Bertz CT molecular complexity index is 334. The summed E-state index contributed by atoms with van der Waals surface area (Å²) in [6, 6.07) is 4.59. The third kappa shape index (κ3) is 2.94. The van der Waals surface area contributed by atoms with Gasteiger partial charge in [-0.1, -0.05) is 33.6 Å². The van der Waals surface area contributed by atoms with E-state index in [4.69, 9.17) is 5.73 Å². The molecule has 0 amide bonds. The molecule has 1 aromatic rings. The Hall–Kier alpha value is -0.670. The van der Waals surface area contributed by atoms with E-state index in [1.165, 1.54) is 12.1 Å². The summed E-state index contributed by atoms with van der Waals surface area (Å²) in [4.78, 5) is 0. The van der Waals surface area contributed by atoms with Crippen molar-refractivity contribution >= 4 is 22.0 Å². The van der Waals surface area contributed by atoms with Gasteiger partial charge in [0.15, 0.2) is 0 Å². The third-order valence-corrected chi connectivity index (χ3v) is 2.37. The zero-order chi connectivity index (χ0) is 9.84. The van der Waals surface area contributed by atoms with Crippen LogP contribution in [0, 0.1) is 5.82 Å². The number of halogens is 2. The van der Waals surface area contributed by atoms with Crippen molar-refractivity contribution < 1.29 is 4.39 Å². The predicted octanol–water partition coefficient (Wildman–Crippen LogP) is 2.95. The summed E-state index contributed by atoms with van der Waals surface area (Å²) in [7, 11) is 0. The van der Waals surface area contributed by atoms with Gasteiger partial charge in [-0.2, -0.15) is 0 Å². The maximum Gasteiger partial charge on any atom is 0.124 e. The van der Waals surface area contributed by atoms with Crippen LogP contribution in [0.2, 0.25) is 0 Å². The molecule has 0 saturated carbocycles. The van der Waals surface area contributed by atoms with Crippen molar-refractivity contribution in [1.29, 1.82) is 0 Å². The lowest BCUT2D eigenvalue weighted by Gasteiger charge is -2.00. The maximum atomic E-state index is 12.7. The van der Waals surface area contributed by atoms with Gasteiger partial charge in [0, 0.05) is 11.0 Å². The molecule has 0 atom stereocenters. The average Bonchev–Trinajstić information content (AvgIpc) is 2.09. The van der Waals surface area contributed by atoms with Crippen molar-refractivity contribution in [2.45, 2.75) is 6.92 Å². The largest absolute Gasteiger partial charge is 0.327 e. The minimum atomic E-state index is -0.241. The summed E-state index contributed by atoms with van der Waals surface area (Å²) in [5.41, 5.74) is 7.45. The quantitative estimate of drug-likeness (QED) is 0.850. The van der Waals surface area contributed by atoms with Crippen LogP contribution < -0.4 is 5.73 Å². The van der Waals surface area contributed by atoms with Crippen LogP contribution in [-0.2, 0) is 0 Å². The Morgan fingerprint density at radius 2 is 2.31 bits per heavy atom. The highest BCUT2D eigenvalue weighted by Crippen LogP contribution is 2.20. The normalized spacial score (nSPS) is 11.8. The highest BCUT2D eigenvalue weighted by Gasteiger charge is 1.98. The van der Waals surface area contributed by atoms with Crippen LogP contribution in [0.15, 0.2) is 28.2 Å². The van der Waals surface area contributed by atoms with Gasteiger partial charge in [-0.15, -0.1) is 0 Å². The smallest absolute Gasteiger partial charge is 0.124 e. The monoisotopic (exact) mass is 243 g/mol. The molecule has 70 valence electrons. The van der Waals surface area contributed by atoms with Gasteiger partial charge in [-0.05, 0) is 24.6 Å². The minimum Gasteiger partial charge on any atom is -0.327 e. The fraction of sp³-hybridized carbons (Fsp3) is 0.200. The first-order valence-electron chi connectivity index (χ1n) is 3.96. The van der Waals surface area contributed by atoms with Crippen LogP contribution in [-0.4, -0.2) is 6.54 Å². The van der Waals surface area contributed by atoms with Gasteiger partial charge in [-0.25, -0.2) is 4.39 Å². The van der Waals surface area contributed by atoms with Gasteiger partial charge in [0.25, 0.3) is 0 Å². The molecule has 0 spiro atoms. The molecule has 3 heteroatoms. The Labute approximate surface area is 85.6 Å². The van der Waals surface area contributed by atoms with Crippen molar-refractivity contribution in [3.63, 3.8) is 0 Å². The number of hydrogen-bond donors (Lipinski definition) is 1. The Morgan fingerprint density at radius 1 is 1.62 bits per heavy atom. The summed E-state index contributed by atoms with van der Waals surface area (Å²) in [6.45, 7) is 2.46. The first kappa shape index (κ1) is 10.4. The molecule has 0 bridgehead atoms. The molecule has 0 unspecified atom stereocenters. The van der Waals surface area contributed by atoms with Gasteiger partial charge in [0.05, 0.1) is 0 Å². The molecule has 0 aliphatic rings. The first-order valence-corrected chi connectivity index (χ1v) is 4.75. The van der Waals surface area contributed by atoms with E-state index in [2.05, 4.69) is 15.9 Å². The SMILES string of the molecule is C/C(=C/c1ccc(F)cc1Br)CN. The molecule has 1 rings (SSSR count). The Kier molecular flexibility index (Phi) is 3.63. The number of rotatable bonds is 2. The summed E-state index contributed by atoms with van der Waals surface area (Å²) >= 11 is 3.28. The van der Waals surface area contributed by atoms with Gasteiger partial charge >= 0.3 is 0 Å². The van der Waals surface area contributed by atoms with E-state index in [0.29, 0.717) is 6.54 Å². The second-order valence-corrected chi connectivity index (χ2v) is 3.71. The predicted molar refractivity (Wildman–Crippen MR) is 56.8 cm³/mol. The molecule has 0 fully saturated rings. The third-order valence-electron chi connectivity index (χ3n) is 1.69. The summed E-state index contributed by atoms with van der Waals surface area (Å²) < 4.78 is 13.4. The zero-order valence-corrected chi connectivity index (χ0v) is 8.94. The van der Waals surface area contributed by atoms with Gasteiger partial charge < -0.3 is 5.73 Å². The highest BCUT2D eigenvalue weighted by molar-refractivity contribution is 9.10. The topological polar surface area (TPSA) is 26.0 Å². The molecule has 1 nitrogen and oxygen atoms in total. The summed E-state index contributed by atoms with van der Waals surface area (Å²) in [5, 5.41) is 0. The Morgan fingerprint density at radius 3 is 2.85 bits per heavy atom. The van der Waals surface area contributed by atoms with Crippen LogP contribution in [0.25, 0.3) is 6.08 Å². The van der Waals surface area contributed by atoms with Gasteiger partial charge in [0.2, 0.25) is 0 Å². The van der Waals surface area contributed by atoms with E-state index in [9.17, 15) is 4.39 Å². The lowest BCUT2D eigenvalue weighted by molar-refractivity contribution is 0.627. The van der Waals surface area contributed by atoms with E-state index in [-0.39, 0.29) is 5.82 Å². The van der Waals surface area contributed by atoms with E-state index in [1.54, 1.807) is 6.07 Å². The standard InChI is InChI=1S/C10H11BrFN/c1-7(6-13)4-8-2-3-9(12)5-10(8)11/h2-5H,6,13H2,1H3/b7-4-. The molecule has 0 heterocycles. The molecule has 13 heavy (non-hydrogen) atoms. The van der Waals surface area contributed by atoms with Crippen molar-refractivity contribution in [3.8, 4) is 0 Å². The molecule has 0 radical (unpaired) electrons. The van der Waals surface area contributed by atoms with E-state index < -0.39 is 0 Å². The molecular formula is C10H11BrFN. The molecule has 2 N–H and O–H groups in total. The van der Waals surface area contributed by atoms with Crippen LogP contribution in [0.5, 0.6) is 0 Å². The number of nitrogens with two attached hydrogens (primary N) is 1. The average molecular weight is 244 g/mol. The van der Waals surface area contributed by atoms with E-state index >= 15 is 0 Å². The van der Waals surface area contributed by atoms with Crippen LogP contribution in [0.1, 0.15) is 12.5 Å². The van der Waals surface area contributed by atoms with E-state index in [1.807, 2.05) is 13.0 Å². The minimum absolute atomic E-state index is 0.241. The Balaban J connectivity index is 3.03. The van der Waals surface area contributed by atoms with Crippen molar-refractivity contribution in [2.24, 2.45) is 5.73 Å². The molecule has 0 saturated heterocycles. The molecular weight excluding hydrogens is 233 g/mol. The van der Waals surface area contributed by atoms with Crippen molar-refractivity contribution in [2.75, 3.05) is 6.54 Å². The lowest BCUT2D eigenvalue weighted by Crippen LogP contribution is -1.99. The van der Waals surface area contributed by atoms with Crippen molar-refractivity contribution in [1.82, 2.24) is 0 Å². The van der Waals surface area contributed by atoms with Crippen molar-refractivity contribution in [3.05, 3.63) is 39.6 Å². The molecule has 1 aromatic carbocycles. The van der Waals surface area contributed by atoms with Crippen LogP contribution >= 0.6 is 15.9 Å². The summed E-state index contributed by atoms with van der Waals surface area (Å²) in [6.07, 6.45) is 1.93. The molecule has 0 aliphatic heterocycles. The second-order valence-electron chi connectivity index (χ2n) is 2.86. The highest BCUT2D eigenvalue weighted by atomic mass is 79.9. The zero-order valence-electron chi connectivity index (χ0n) is 7.35. The lowest BCUT2D eigenvalue weighted by atomic mass is 10.1. The van der Waals surface area contributed by atoms with Gasteiger partial charge in [0.1, 0.15) is 5.82 Å². The van der Waals surface area contributed by atoms with Gasteiger partial charge in [-0.3, -0.25) is 0 Å².